The van der Waals surface area contributed by atoms with Crippen molar-refractivity contribution in [1.82, 2.24) is 15.3 Å². The summed E-state index contributed by atoms with van der Waals surface area (Å²) in [6.45, 7) is 1.99. The Morgan fingerprint density at radius 1 is 1.23 bits per heavy atom. The molecule has 1 amide bonds. The number of allylic oxidation sites excluding steroid dienone is 2. The molecule has 11 heteroatoms. The highest BCUT2D eigenvalue weighted by atomic mass is 32.1. The zero-order chi connectivity index (χ0) is 22.7. The predicted molar refractivity (Wildman–Crippen MR) is 116 cm³/mol. The Hall–Kier alpha value is -3.47. The zero-order valence-corrected chi connectivity index (χ0v) is 17.6. The van der Waals surface area contributed by atoms with Crippen molar-refractivity contribution in [2.75, 3.05) is 11.5 Å². The van der Waals surface area contributed by atoms with Crippen molar-refractivity contribution >= 4 is 46.5 Å². The first-order chi connectivity index (χ1) is 14.7. The summed E-state index contributed by atoms with van der Waals surface area (Å²) in [5.74, 6) is -2.46. The van der Waals surface area contributed by atoms with Gasteiger partial charge in [-0.05, 0) is 37.0 Å². The average molecular weight is 446 g/mol. The van der Waals surface area contributed by atoms with Crippen molar-refractivity contribution in [2.24, 2.45) is 0 Å². The molecule has 3 rings (SSSR count). The van der Waals surface area contributed by atoms with Gasteiger partial charge in [0.15, 0.2) is 0 Å². The van der Waals surface area contributed by atoms with Gasteiger partial charge in [-0.2, -0.15) is 4.98 Å². The van der Waals surface area contributed by atoms with Crippen LogP contribution in [0.3, 0.4) is 0 Å². The van der Waals surface area contributed by atoms with Gasteiger partial charge in [0.25, 0.3) is 5.91 Å². The predicted octanol–water partition coefficient (Wildman–Crippen LogP) is 1.88. The van der Waals surface area contributed by atoms with Crippen LogP contribution in [-0.2, 0) is 16.0 Å². The van der Waals surface area contributed by atoms with Gasteiger partial charge >= 0.3 is 11.9 Å². The molecule has 0 radical (unpaired) electrons. The van der Waals surface area contributed by atoms with Crippen molar-refractivity contribution < 1.29 is 24.6 Å². The lowest BCUT2D eigenvalue weighted by Crippen LogP contribution is -2.40. The molecule has 0 saturated heterocycles. The SMILES string of the molecule is CC(C=C1CCc2nc(N)nc(N)c21)c1ccc(C(=O)N[C@@H](CCC(=O)O)C(=O)O)s1. The molecule has 0 spiro atoms. The molecular weight excluding hydrogens is 422 g/mol. The van der Waals surface area contributed by atoms with Gasteiger partial charge in [-0.25, -0.2) is 9.78 Å². The molecule has 7 N–H and O–H groups in total. The summed E-state index contributed by atoms with van der Waals surface area (Å²) < 4.78 is 0. The van der Waals surface area contributed by atoms with E-state index in [1.54, 1.807) is 6.07 Å². The lowest BCUT2D eigenvalue weighted by atomic mass is 10.0. The van der Waals surface area contributed by atoms with E-state index in [1.807, 2.05) is 13.0 Å². The number of hydrogen-bond acceptors (Lipinski definition) is 8. The van der Waals surface area contributed by atoms with Gasteiger partial charge in [0.05, 0.1) is 10.6 Å². The third-order valence-corrected chi connectivity index (χ3v) is 6.27. The number of carboxylic acids is 2. The quantitative estimate of drug-likeness (QED) is 0.405. The highest BCUT2D eigenvalue weighted by Gasteiger charge is 2.25. The van der Waals surface area contributed by atoms with Gasteiger partial charge in [-0.3, -0.25) is 9.59 Å². The van der Waals surface area contributed by atoms with Crippen LogP contribution in [0.1, 0.15) is 57.9 Å². The van der Waals surface area contributed by atoms with Gasteiger partial charge < -0.3 is 27.0 Å². The summed E-state index contributed by atoms with van der Waals surface area (Å²) in [7, 11) is 0. The van der Waals surface area contributed by atoms with Crippen LogP contribution >= 0.6 is 11.3 Å². The van der Waals surface area contributed by atoms with Crippen LogP contribution in [0.25, 0.3) is 5.57 Å². The molecule has 1 aliphatic carbocycles. The summed E-state index contributed by atoms with van der Waals surface area (Å²) in [6.07, 6.45) is 3.02. The largest absolute Gasteiger partial charge is 0.481 e. The normalized spacial score (nSPS) is 16.0. The van der Waals surface area contributed by atoms with E-state index in [9.17, 15) is 19.5 Å². The number of carbonyl (C=O) groups excluding carboxylic acids is 1. The Balaban J connectivity index is 1.72. The number of nitrogens with zero attached hydrogens (tertiary/aromatic N) is 2. The maximum atomic E-state index is 12.5. The van der Waals surface area contributed by atoms with Crippen LogP contribution in [0, 0.1) is 0 Å². The fraction of sp³-hybridized carbons (Fsp3) is 0.350. The first-order valence-corrected chi connectivity index (χ1v) is 10.5. The number of anilines is 2. The molecule has 0 fully saturated rings. The number of fused-ring (bicyclic) bond motifs is 1. The molecule has 0 aromatic carbocycles. The van der Waals surface area contributed by atoms with Crippen LogP contribution in [-0.4, -0.2) is 44.1 Å². The van der Waals surface area contributed by atoms with E-state index in [-0.39, 0.29) is 24.7 Å². The maximum absolute atomic E-state index is 12.5. The van der Waals surface area contributed by atoms with Crippen molar-refractivity contribution in [1.29, 1.82) is 0 Å². The second-order valence-electron chi connectivity index (χ2n) is 7.27. The summed E-state index contributed by atoms with van der Waals surface area (Å²) in [5.41, 5.74) is 14.4. The summed E-state index contributed by atoms with van der Waals surface area (Å²) >= 11 is 1.25. The van der Waals surface area contributed by atoms with Gasteiger partial charge in [-0.1, -0.05) is 13.0 Å². The molecule has 1 aliphatic rings. The number of rotatable bonds is 8. The first-order valence-electron chi connectivity index (χ1n) is 9.63. The molecule has 31 heavy (non-hydrogen) atoms. The molecular formula is C20H23N5O5S. The third kappa shape index (κ3) is 5.18. The average Bonchev–Trinajstić information content (AvgIpc) is 3.32. The number of amides is 1. The van der Waals surface area contributed by atoms with E-state index in [2.05, 4.69) is 21.4 Å². The number of carboxylic acid groups (broad SMARTS) is 2. The Morgan fingerprint density at radius 2 is 1.97 bits per heavy atom. The lowest BCUT2D eigenvalue weighted by molar-refractivity contribution is -0.140. The van der Waals surface area contributed by atoms with Gasteiger partial charge in [0.2, 0.25) is 5.95 Å². The molecule has 2 atom stereocenters. The number of nitrogens with two attached hydrogens (primary N) is 2. The van der Waals surface area contributed by atoms with E-state index in [4.69, 9.17) is 16.6 Å². The van der Waals surface area contributed by atoms with E-state index < -0.39 is 23.9 Å². The van der Waals surface area contributed by atoms with E-state index in [0.717, 1.165) is 34.5 Å². The minimum Gasteiger partial charge on any atom is -0.481 e. The van der Waals surface area contributed by atoms with Crippen LogP contribution in [0.4, 0.5) is 11.8 Å². The minimum atomic E-state index is -1.27. The van der Waals surface area contributed by atoms with E-state index >= 15 is 0 Å². The molecule has 0 aliphatic heterocycles. The van der Waals surface area contributed by atoms with Gasteiger partial charge in [0.1, 0.15) is 11.9 Å². The monoisotopic (exact) mass is 445 g/mol. The van der Waals surface area contributed by atoms with Crippen molar-refractivity contribution in [3.8, 4) is 0 Å². The number of nitrogen functional groups attached to an aromatic ring is 2. The second-order valence-corrected chi connectivity index (χ2v) is 8.38. The third-order valence-electron chi connectivity index (χ3n) is 4.98. The fourth-order valence-corrected chi connectivity index (χ4v) is 4.41. The van der Waals surface area contributed by atoms with E-state index in [1.165, 1.54) is 11.3 Å². The Kier molecular flexibility index (Phi) is 6.54. The van der Waals surface area contributed by atoms with Crippen molar-refractivity contribution in [2.45, 2.75) is 44.6 Å². The number of aliphatic carboxylic acids is 2. The smallest absolute Gasteiger partial charge is 0.326 e. The van der Waals surface area contributed by atoms with Crippen molar-refractivity contribution in [3.63, 3.8) is 0 Å². The molecule has 164 valence electrons. The highest BCUT2D eigenvalue weighted by molar-refractivity contribution is 7.14. The summed E-state index contributed by atoms with van der Waals surface area (Å²) in [6, 6.07) is 2.17. The molecule has 1 unspecified atom stereocenters. The molecule has 2 aromatic heterocycles. The minimum absolute atomic E-state index is 0.0215. The fourth-order valence-electron chi connectivity index (χ4n) is 3.48. The molecule has 2 aromatic rings. The van der Waals surface area contributed by atoms with Crippen LogP contribution in [0.2, 0.25) is 0 Å². The topological polar surface area (TPSA) is 182 Å². The number of nitrogens with one attached hydrogen (secondary N) is 1. The first kappa shape index (κ1) is 22.2. The number of thiophene rings is 1. The zero-order valence-electron chi connectivity index (χ0n) is 16.8. The standard InChI is InChI=1S/C20H23N5O5S/c1-9(8-10-2-3-11-16(10)17(21)25-20(22)24-11)13-5-6-14(31-13)18(28)23-12(19(29)30)4-7-15(26)27/h5-6,8-9,12H,2-4,7H2,1H3,(H,23,28)(H,26,27)(H,29,30)(H4,21,22,24,25)/t9?,12-/m0/s1. The number of hydrogen-bond donors (Lipinski definition) is 5. The molecule has 2 heterocycles. The van der Waals surface area contributed by atoms with E-state index in [0.29, 0.717) is 10.7 Å². The Labute approximate surface area is 182 Å². The lowest BCUT2D eigenvalue weighted by Gasteiger charge is -2.12. The highest BCUT2D eigenvalue weighted by Crippen LogP contribution is 2.37. The molecule has 10 nitrogen and oxygen atoms in total. The second kappa shape index (κ2) is 9.13. The maximum Gasteiger partial charge on any atom is 0.326 e. The Bertz CT molecular complexity index is 1060. The summed E-state index contributed by atoms with van der Waals surface area (Å²) in [4.78, 5) is 44.0. The van der Waals surface area contributed by atoms with Crippen LogP contribution in [0.5, 0.6) is 0 Å². The van der Waals surface area contributed by atoms with Gasteiger partial charge in [0, 0.05) is 22.8 Å². The van der Waals surface area contributed by atoms with Crippen LogP contribution in [0.15, 0.2) is 18.2 Å². The van der Waals surface area contributed by atoms with Crippen LogP contribution < -0.4 is 16.8 Å². The van der Waals surface area contributed by atoms with Gasteiger partial charge in [-0.15, -0.1) is 11.3 Å². The number of aromatic nitrogens is 2. The summed E-state index contributed by atoms with van der Waals surface area (Å²) in [5, 5.41) is 20.3. The molecule has 0 bridgehead atoms. The molecule has 0 saturated carbocycles. The number of aryl methyl sites for hydroxylation is 1. The van der Waals surface area contributed by atoms with Crippen molar-refractivity contribution in [3.05, 3.63) is 39.2 Å². The number of carbonyl (C=O) groups is 3. The Morgan fingerprint density at radius 3 is 2.65 bits per heavy atom.